The largest absolute Gasteiger partial charge is 0.367 e. The Balaban J connectivity index is 1.39. The van der Waals surface area contributed by atoms with Crippen molar-refractivity contribution in [1.82, 2.24) is 5.32 Å². The van der Waals surface area contributed by atoms with Crippen LogP contribution in [0.1, 0.15) is 40.2 Å². The highest BCUT2D eigenvalue weighted by Crippen LogP contribution is 2.28. The second-order valence-electron chi connectivity index (χ2n) is 8.64. The molecule has 2 aromatic carbocycles. The summed E-state index contributed by atoms with van der Waals surface area (Å²) in [6.07, 6.45) is 1.07. The fourth-order valence-electron chi connectivity index (χ4n) is 3.99. The van der Waals surface area contributed by atoms with E-state index in [-0.39, 0.29) is 17.7 Å². The molecule has 1 unspecified atom stereocenters. The number of aryl methyl sites for hydroxylation is 1. The van der Waals surface area contributed by atoms with Crippen molar-refractivity contribution in [2.45, 2.75) is 39.8 Å². The fourth-order valence-corrected chi connectivity index (χ4v) is 4.88. The minimum atomic E-state index is -0.623. The summed E-state index contributed by atoms with van der Waals surface area (Å²) in [5, 5.41) is 8.02. The van der Waals surface area contributed by atoms with Crippen LogP contribution in [-0.4, -0.2) is 24.4 Å². The highest BCUT2D eigenvalue weighted by atomic mass is 32.1. The molecule has 0 aliphatic carbocycles. The number of thiophene rings is 1. The Morgan fingerprint density at radius 2 is 1.84 bits per heavy atom. The summed E-state index contributed by atoms with van der Waals surface area (Å²) < 4.78 is 0. The minimum Gasteiger partial charge on any atom is -0.367 e. The molecule has 5 nitrogen and oxygen atoms in total. The number of nitrogens with one attached hydrogen (secondary N) is 2. The van der Waals surface area contributed by atoms with Gasteiger partial charge in [0.05, 0.1) is 0 Å². The van der Waals surface area contributed by atoms with Crippen LogP contribution in [0.15, 0.2) is 60.0 Å². The lowest BCUT2D eigenvalue weighted by atomic mass is 10.0. The van der Waals surface area contributed by atoms with Crippen LogP contribution in [0.4, 0.5) is 11.4 Å². The van der Waals surface area contributed by atoms with Gasteiger partial charge in [0.2, 0.25) is 5.91 Å². The van der Waals surface area contributed by atoms with E-state index < -0.39 is 6.04 Å². The number of hydrogen-bond donors (Lipinski definition) is 2. The van der Waals surface area contributed by atoms with Gasteiger partial charge in [-0.05, 0) is 72.7 Å². The third-order valence-electron chi connectivity index (χ3n) is 5.82. The van der Waals surface area contributed by atoms with Crippen molar-refractivity contribution in [3.05, 3.63) is 81.5 Å². The van der Waals surface area contributed by atoms with Crippen molar-refractivity contribution in [1.29, 1.82) is 0 Å². The smallest absolute Gasteiger partial charge is 0.251 e. The van der Waals surface area contributed by atoms with E-state index in [1.165, 1.54) is 10.4 Å². The van der Waals surface area contributed by atoms with Gasteiger partial charge in [0.15, 0.2) is 0 Å². The molecule has 2 heterocycles. The maximum Gasteiger partial charge on any atom is 0.251 e. The Morgan fingerprint density at radius 3 is 2.56 bits per heavy atom. The molecule has 166 valence electrons. The molecule has 2 N–H and O–H groups in total. The van der Waals surface area contributed by atoms with Crippen molar-refractivity contribution < 1.29 is 9.59 Å². The summed E-state index contributed by atoms with van der Waals surface area (Å²) in [5.41, 5.74) is 4.84. The summed E-state index contributed by atoms with van der Waals surface area (Å²) in [5.74, 6) is -0.498. The molecule has 0 radical (unpaired) electrons. The van der Waals surface area contributed by atoms with Gasteiger partial charge in [-0.25, -0.2) is 0 Å². The van der Waals surface area contributed by atoms with Gasteiger partial charge in [-0.1, -0.05) is 31.5 Å². The number of anilines is 2. The normalized spacial score (nSPS) is 14.1. The molecule has 3 aromatic rings. The first-order valence-corrected chi connectivity index (χ1v) is 11.9. The van der Waals surface area contributed by atoms with E-state index in [0.29, 0.717) is 5.56 Å². The molecule has 32 heavy (non-hydrogen) atoms. The molecular formula is C26H29N3O2S. The summed E-state index contributed by atoms with van der Waals surface area (Å²) in [6.45, 7) is 7.72. The number of carbonyl (C=O) groups excluding carboxylic acids is 2. The van der Waals surface area contributed by atoms with Gasteiger partial charge in [0.25, 0.3) is 5.91 Å². The lowest BCUT2D eigenvalue weighted by Crippen LogP contribution is -2.47. The number of fused-ring (bicyclic) bond motifs is 1. The van der Waals surface area contributed by atoms with Crippen LogP contribution in [0.5, 0.6) is 0 Å². The van der Waals surface area contributed by atoms with E-state index >= 15 is 0 Å². The standard InChI is InChI=1S/C26H29N3O2S/c1-17(2)24(28-25(30)19-6-4-5-18(3)15-19)26(31)27-21-7-9-22(10-8-21)29-13-11-23-20(16-29)12-14-32-23/h4-10,12,14-15,17,24H,11,13,16H2,1-3H3,(H,27,31)(H,28,30). The average molecular weight is 448 g/mol. The van der Waals surface area contributed by atoms with Crippen LogP contribution >= 0.6 is 11.3 Å². The van der Waals surface area contributed by atoms with Crippen molar-refractivity contribution in [3.63, 3.8) is 0 Å². The SMILES string of the molecule is Cc1cccc(C(=O)NC(C(=O)Nc2ccc(N3CCc4sccc4C3)cc2)C(C)C)c1. The van der Waals surface area contributed by atoms with Crippen LogP contribution in [0.2, 0.25) is 0 Å². The molecular weight excluding hydrogens is 418 g/mol. The van der Waals surface area contributed by atoms with E-state index in [2.05, 4.69) is 27.0 Å². The zero-order valence-electron chi connectivity index (χ0n) is 18.7. The maximum absolute atomic E-state index is 12.9. The quantitative estimate of drug-likeness (QED) is 0.558. The summed E-state index contributed by atoms with van der Waals surface area (Å²) in [7, 11) is 0. The number of carbonyl (C=O) groups is 2. The average Bonchev–Trinajstić information content (AvgIpc) is 3.25. The first kappa shape index (κ1) is 22.1. The summed E-state index contributed by atoms with van der Waals surface area (Å²) in [6, 6.07) is 16.9. The van der Waals surface area contributed by atoms with Crippen molar-refractivity contribution >= 4 is 34.5 Å². The van der Waals surface area contributed by atoms with Crippen LogP contribution in [0, 0.1) is 12.8 Å². The van der Waals surface area contributed by atoms with Crippen LogP contribution < -0.4 is 15.5 Å². The fraction of sp³-hybridized carbons (Fsp3) is 0.308. The molecule has 1 atom stereocenters. The number of rotatable bonds is 6. The Labute approximate surface area is 193 Å². The van der Waals surface area contributed by atoms with Crippen molar-refractivity contribution in [2.24, 2.45) is 5.92 Å². The Hall–Kier alpha value is -3.12. The Bertz CT molecular complexity index is 1100. The highest BCUT2D eigenvalue weighted by molar-refractivity contribution is 7.10. The lowest BCUT2D eigenvalue weighted by Gasteiger charge is -2.29. The molecule has 1 aliphatic heterocycles. The van der Waals surface area contributed by atoms with E-state index in [9.17, 15) is 9.59 Å². The molecule has 1 aliphatic rings. The topological polar surface area (TPSA) is 61.4 Å². The van der Waals surface area contributed by atoms with Crippen LogP contribution in [-0.2, 0) is 17.8 Å². The van der Waals surface area contributed by atoms with Gasteiger partial charge < -0.3 is 15.5 Å². The molecule has 0 bridgehead atoms. The molecule has 4 rings (SSSR count). The molecule has 6 heteroatoms. The third kappa shape index (κ3) is 5.02. The number of nitrogens with zero attached hydrogens (tertiary/aromatic N) is 1. The van der Waals surface area contributed by atoms with Gasteiger partial charge >= 0.3 is 0 Å². The minimum absolute atomic E-state index is 0.0452. The molecule has 2 amide bonds. The zero-order chi connectivity index (χ0) is 22.7. The van der Waals surface area contributed by atoms with E-state index in [0.717, 1.165) is 36.4 Å². The highest BCUT2D eigenvalue weighted by Gasteiger charge is 2.25. The van der Waals surface area contributed by atoms with E-state index in [1.54, 1.807) is 6.07 Å². The van der Waals surface area contributed by atoms with Gasteiger partial charge in [-0.15, -0.1) is 11.3 Å². The van der Waals surface area contributed by atoms with Crippen molar-refractivity contribution in [3.8, 4) is 0 Å². The first-order chi connectivity index (χ1) is 15.4. The van der Waals surface area contributed by atoms with Gasteiger partial charge in [-0.2, -0.15) is 0 Å². The maximum atomic E-state index is 12.9. The number of benzene rings is 2. The van der Waals surface area contributed by atoms with Crippen LogP contribution in [0.25, 0.3) is 0 Å². The number of hydrogen-bond acceptors (Lipinski definition) is 4. The zero-order valence-corrected chi connectivity index (χ0v) is 19.5. The first-order valence-electron chi connectivity index (χ1n) is 11.0. The molecule has 1 aromatic heterocycles. The molecule has 0 saturated heterocycles. The Morgan fingerprint density at radius 1 is 1.06 bits per heavy atom. The van der Waals surface area contributed by atoms with E-state index in [1.807, 2.05) is 74.6 Å². The lowest BCUT2D eigenvalue weighted by molar-refractivity contribution is -0.118. The molecule has 0 fully saturated rings. The summed E-state index contributed by atoms with van der Waals surface area (Å²) >= 11 is 1.84. The monoisotopic (exact) mass is 447 g/mol. The van der Waals surface area contributed by atoms with Gasteiger partial charge in [0, 0.05) is 34.9 Å². The van der Waals surface area contributed by atoms with Crippen LogP contribution in [0.3, 0.4) is 0 Å². The Kier molecular flexibility index (Phi) is 6.61. The van der Waals surface area contributed by atoms with Crippen molar-refractivity contribution in [2.75, 3.05) is 16.8 Å². The predicted octanol–water partition coefficient (Wildman–Crippen LogP) is 5.01. The summed E-state index contributed by atoms with van der Waals surface area (Å²) in [4.78, 5) is 29.5. The number of amides is 2. The molecule has 0 saturated carbocycles. The second-order valence-corrected chi connectivity index (χ2v) is 9.64. The second kappa shape index (κ2) is 9.57. The van der Waals surface area contributed by atoms with Gasteiger partial charge in [-0.3, -0.25) is 9.59 Å². The predicted molar refractivity (Wildman–Crippen MR) is 131 cm³/mol. The van der Waals surface area contributed by atoms with Gasteiger partial charge in [0.1, 0.15) is 6.04 Å². The van der Waals surface area contributed by atoms with E-state index in [4.69, 9.17) is 0 Å². The third-order valence-corrected chi connectivity index (χ3v) is 6.85. The molecule has 0 spiro atoms.